The second kappa shape index (κ2) is 9.09. The van der Waals surface area contributed by atoms with Crippen molar-refractivity contribution in [3.63, 3.8) is 0 Å². The molecule has 4 nitrogen and oxygen atoms in total. The molecule has 0 saturated heterocycles. The van der Waals surface area contributed by atoms with Gasteiger partial charge >= 0.3 is 0 Å². The van der Waals surface area contributed by atoms with Crippen molar-refractivity contribution in [1.82, 2.24) is 4.57 Å². The zero-order chi connectivity index (χ0) is 25.1. The van der Waals surface area contributed by atoms with Gasteiger partial charge in [0.15, 0.2) is 4.80 Å². The zero-order valence-corrected chi connectivity index (χ0v) is 22.3. The molecule has 0 fully saturated rings. The molecule has 36 heavy (non-hydrogen) atoms. The van der Waals surface area contributed by atoms with Gasteiger partial charge in [0.25, 0.3) is 5.56 Å². The maximum Gasteiger partial charge on any atom is 0.271 e. The van der Waals surface area contributed by atoms with E-state index in [1.54, 1.807) is 28.8 Å². The van der Waals surface area contributed by atoms with Gasteiger partial charge in [-0.1, -0.05) is 88.1 Å². The fraction of sp³-hybridized carbons (Fsp3) is 0.111. The number of allylic oxidation sites excluding steroid dienone is 1. The lowest BCUT2D eigenvalue weighted by Gasteiger charge is -2.31. The van der Waals surface area contributed by atoms with Crippen molar-refractivity contribution in [3.05, 3.63) is 122 Å². The Bertz CT molecular complexity index is 1790. The SMILES string of the molecule is O=c1/c(=C\c2cc(Cl)cc(Cl)c2O)sc2n1[C@H](c1ccc(Cl)cc1Cl)C1=C(N=2)c2ccccc2CC1. The van der Waals surface area contributed by atoms with Gasteiger partial charge in [0.2, 0.25) is 0 Å². The standard InChI is InChI=1S/C27H16Cl4N2O2S/c28-15-6-8-18(20(30)11-15)24-19-7-5-13-3-1-2-4-17(13)23(19)32-27-33(24)26(35)22(36-27)10-14-9-16(29)12-21(31)25(14)34/h1-4,6,8-12,24,34H,5,7H2/b22-10+/t24-/m1/s1. The summed E-state index contributed by atoms with van der Waals surface area (Å²) in [6, 6.07) is 16.1. The van der Waals surface area contributed by atoms with Gasteiger partial charge < -0.3 is 5.11 Å². The molecule has 3 aromatic carbocycles. The minimum atomic E-state index is -0.437. The molecule has 2 aliphatic rings. The lowest BCUT2D eigenvalue weighted by Crippen LogP contribution is -2.38. The normalized spacial score (nSPS) is 16.9. The lowest BCUT2D eigenvalue weighted by atomic mass is 9.83. The van der Waals surface area contributed by atoms with Crippen LogP contribution in [0.4, 0.5) is 0 Å². The molecule has 0 unspecified atom stereocenters. The van der Waals surface area contributed by atoms with Crippen LogP contribution in [-0.2, 0) is 6.42 Å². The van der Waals surface area contributed by atoms with Crippen molar-refractivity contribution in [2.75, 3.05) is 0 Å². The van der Waals surface area contributed by atoms with Crippen LogP contribution in [0.5, 0.6) is 5.75 Å². The van der Waals surface area contributed by atoms with E-state index in [0.717, 1.165) is 35.2 Å². The number of aromatic hydroxyl groups is 1. The van der Waals surface area contributed by atoms with Gasteiger partial charge in [-0.25, -0.2) is 4.99 Å². The van der Waals surface area contributed by atoms with Crippen LogP contribution in [0.15, 0.2) is 70.0 Å². The smallest absolute Gasteiger partial charge is 0.271 e. The number of benzene rings is 3. The molecule has 1 aliphatic carbocycles. The van der Waals surface area contributed by atoms with Crippen LogP contribution in [-0.4, -0.2) is 9.67 Å². The number of thiazole rings is 1. The summed E-state index contributed by atoms with van der Waals surface area (Å²) in [5, 5.41) is 11.9. The highest BCUT2D eigenvalue weighted by Gasteiger charge is 2.33. The number of fused-ring (bicyclic) bond motifs is 3. The molecule has 2 heterocycles. The fourth-order valence-corrected chi connectivity index (χ4v) is 6.87. The van der Waals surface area contributed by atoms with Gasteiger partial charge in [-0.3, -0.25) is 9.36 Å². The first-order valence-electron chi connectivity index (χ1n) is 11.1. The topological polar surface area (TPSA) is 54.6 Å². The monoisotopic (exact) mass is 572 g/mol. The molecular formula is C27H16Cl4N2O2S. The first-order valence-corrected chi connectivity index (χ1v) is 13.4. The van der Waals surface area contributed by atoms with Crippen LogP contribution in [0, 0.1) is 0 Å². The van der Waals surface area contributed by atoms with E-state index in [-0.39, 0.29) is 16.3 Å². The summed E-state index contributed by atoms with van der Waals surface area (Å²) in [7, 11) is 0. The zero-order valence-electron chi connectivity index (χ0n) is 18.4. The molecule has 0 spiro atoms. The summed E-state index contributed by atoms with van der Waals surface area (Å²) >= 11 is 26.4. The van der Waals surface area contributed by atoms with Crippen LogP contribution in [0.3, 0.4) is 0 Å². The van der Waals surface area contributed by atoms with E-state index in [1.807, 2.05) is 18.2 Å². The molecule has 0 bridgehead atoms. The van der Waals surface area contributed by atoms with Crippen LogP contribution in [0.1, 0.15) is 34.7 Å². The Balaban J connectivity index is 1.66. The molecule has 0 amide bonds. The van der Waals surface area contributed by atoms with Crippen LogP contribution in [0.2, 0.25) is 20.1 Å². The minimum Gasteiger partial charge on any atom is -0.506 e. The quantitative estimate of drug-likeness (QED) is 0.292. The minimum absolute atomic E-state index is 0.111. The Kier molecular flexibility index (Phi) is 6.02. The third kappa shape index (κ3) is 3.90. The maximum atomic E-state index is 13.8. The van der Waals surface area contributed by atoms with Gasteiger partial charge in [-0.05, 0) is 59.9 Å². The van der Waals surface area contributed by atoms with E-state index in [0.29, 0.717) is 30.0 Å². The molecule has 0 saturated carbocycles. The van der Waals surface area contributed by atoms with Crippen LogP contribution < -0.4 is 14.9 Å². The maximum absolute atomic E-state index is 13.8. The van der Waals surface area contributed by atoms with Crippen molar-refractivity contribution in [1.29, 1.82) is 0 Å². The van der Waals surface area contributed by atoms with Crippen molar-refractivity contribution < 1.29 is 5.11 Å². The highest BCUT2D eigenvalue weighted by Crippen LogP contribution is 2.43. The number of phenols is 1. The molecule has 4 aromatic rings. The summed E-state index contributed by atoms with van der Waals surface area (Å²) in [5.41, 5.74) is 5.08. The molecular weight excluding hydrogens is 558 g/mol. The number of halogens is 4. The molecule has 6 rings (SSSR count). The highest BCUT2D eigenvalue weighted by atomic mass is 35.5. The summed E-state index contributed by atoms with van der Waals surface area (Å²) in [5.74, 6) is -0.141. The van der Waals surface area contributed by atoms with Gasteiger partial charge in [0.1, 0.15) is 5.75 Å². The largest absolute Gasteiger partial charge is 0.506 e. The molecule has 1 atom stereocenters. The van der Waals surface area contributed by atoms with Crippen LogP contribution in [0.25, 0.3) is 11.8 Å². The molecule has 1 N–H and O–H groups in total. The van der Waals surface area contributed by atoms with Gasteiger partial charge in [-0.2, -0.15) is 0 Å². The number of hydrogen-bond acceptors (Lipinski definition) is 4. The summed E-state index contributed by atoms with van der Waals surface area (Å²) in [4.78, 5) is 19.3. The summed E-state index contributed by atoms with van der Waals surface area (Å²) in [6.45, 7) is 0. The first-order chi connectivity index (χ1) is 17.3. The van der Waals surface area contributed by atoms with E-state index in [9.17, 15) is 9.90 Å². The number of rotatable bonds is 2. The van der Waals surface area contributed by atoms with Crippen molar-refractivity contribution in [2.45, 2.75) is 18.9 Å². The Hall–Kier alpha value is -2.54. The molecule has 9 heteroatoms. The predicted molar refractivity (Wildman–Crippen MR) is 147 cm³/mol. The number of phenolic OH excluding ortho intramolecular Hbond substituents is 1. The van der Waals surface area contributed by atoms with Gasteiger partial charge in [0, 0.05) is 26.2 Å². The molecule has 180 valence electrons. The lowest BCUT2D eigenvalue weighted by molar-refractivity contribution is 0.474. The summed E-state index contributed by atoms with van der Waals surface area (Å²) in [6.07, 6.45) is 3.17. The second-order valence-electron chi connectivity index (χ2n) is 8.60. The van der Waals surface area contributed by atoms with Crippen LogP contribution >= 0.6 is 57.7 Å². The third-order valence-corrected chi connectivity index (χ3v) is 8.53. The van der Waals surface area contributed by atoms with E-state index in [1.165, 1.54) is 23.0 Å². The Morgan fingerprint density at radius 3 is 2.56 bits per heavy atom. The van der Waals surface area contributed by atoms with E-state index < -0.39 is 6.04 Å². The highest BCUT2D eigenvalue weighted by molar-refractivity contribution is 7.07. The van der Waals surface area contributed by atoms with Crippen molar-refractivity contribution in [2.24, 2.45) is 4.99 Å². The number of hydrogen-bond donors (Lipinski definition) is 1. The first kappa shape index (κ1) is 23.8. The second-order valence-corrected chi connectivity index (χ2v) is 11.3. The average molecular weight is 574 g/mol. The Labute approximate surface area is 230 Å². The Morgan fingerprint density at radius 1 is 0.972 bits per heavy atom. The van der Waals surface area contributed by atoms with E-state index in [2.05, 4.69) is 12.1 Å². The predicted octanol–water partition coefficient (Wildman–Crippen LogP) is 6.64. The van der Waals surface area contributed by atoms with Gasteiger partial charge in [-0.15, -0.1) is 0 Å². The van der Waals surface area contributed by atoms with E-state index in [4.69, 9.17) is 51.4 Å². The Morgan fingerprint density at radius 2 is 1.75 bits per heavy atom. The number of aryl methyl sites for hydroxylation is 1. The average Bonchev–Trinajstić information content (AvgIpc) is 3.16. The molecule has 0 radical (unpaired) electrons. The fourth-order valence-electron chi connectivity index (χ4n) is 4.86. The molecule has 1 aromatic heterocycles. The number of aromatic nitrogens is 1. The third-order valence-electron chi connectivity index (χ3n) is 6.47. The molecule has 1 aliphatic heterocycles. The number of nitrogens with zero attached hydrogens (tertiary/aromatic N) is 2. The summed E-state index contributed by atoms with van der Waals surface area (Å²) < 4.78 is 2.08. The van der Waals surface area contributed by atoms with Gasteiger partial charge in [0.05, 0.1) is 21.3 Å². The van der Waals surface area contributed by atoms with E-state index >= 15 is 0 Å². The van der Waals surface area contributed by atoms with Crippen molar-refractivity contribution >= 4 is 69.5 Å². The van der Waals surface area contributed by atoms with Crippen molar-refractivity contribution in [3.8, 4) is 5.75 Å².